The summed E-state index contributed by atoms with van der Waals surface area (Å²) in [6, 6.07) is 4.04. The Kier molecular flexibility index (Phi) is 6.11. The van der Waals surface area contributed by atoms with Crippen LogP contribution in [0.4, 0.5) is 0 Å². The first kappa shape index (κ1) is 16.4. The van der Waals surface area contributed by atoms with E-state index < -0.39 is 0 Å². The lowest BCUT2D eigenvalue weighted by Gasteiger charge is -2.14. The number of nitrogens with zero attached hydrogens (tertiary/aromatic N) is 2. The molecule has 0 aliphatic carbocycles. The summed E-state index contributed by atoms with van der Waals surface area (Å²) in [6.45, 7) is 3.16. The first-order chi connectivity index (χ1) is 10.1. The molecule has 0 radical (unpaired) electrons. The van der Waals surface area contributed by atoms with E-state index in [9.17, 15) is 0 Å². The van der Waals surface area contributed by atoms with Gasteiger partial charge >= 0.3 is 0 Å². The van der Waals surface area contributed by atoms with Crippen molar-refractivity contribution in [2.75, 3.05) is 13.2 Å². The Morgan fingerprint density at radius 1 is 1.24 bits per heavy atom. The van der Waals surface area contributed by atoms with Crippen molar-refractivity contribution in [3.8, 4) is 11.5 Å². The Labute approximate surface area is 141 Å². The number of alkyl halides is 1. The molecule has 0 fully saturated rings. The third-order valence-corrected chi connectivity index (χ3v) is 4.16. The van der Waals surface area contributed by atoms with Gasteiger partial charge in [0.2, 0.25) is 0 Å². The SMILES string of the molecule is CCOc1cc(CBr)cc(Br)c1OCCc1cnn(C)c1. The Hall–Kier alpha value is -1.01. The van der Waals surface area contributed by atoms with Crippen LogP contribution in [-0.4, -0.2) is 23.0 Å². The molecule has 0 spiro atoms. The van der Waals surface area contributed by atoms with Crippen LogP contribution in [0.1, 0.15) is 18.1 Å². The van der Waals surface area contributed by atoms with Crippen molar-refractivity contribution in [2.45, 2.75) is 18.7 Å². The van der Waals surface area contributed by atoms with E-state index in [4.69, 9.17) is 9.47 Å². The molecular weight excluding hydrogens is 400 g/mol. The molecular formula is C15H18Br2N2O2. The summed E-state index contributed by atoms with van der Waals surface area (Å²) in [5.74, 6) is 1.53. The lowest BCUT2D eigenvalue weighted by Crippen LogP contribution is -2.04. The minimum absolute atomic E-state index is 0.581. The van der Waals surface area contributed by atoms with E-state index in [1.54, 1.807) is 4.68 Å². The number of aryl methyl sites for hydroxylation is 1. The van der Waals surface area contributed by atoms with E-state index in [0.717, 1.165) is 38.8 Å². The largest absolute Gasteiger partial charge is 0.490 e. The second-order valence-electron chi connectivity index (χ2n) is 4.59. The molecule has 21 heavy (non-hydrogen) atoms. The quantitative estimate of drug-likeness (QED) is 0.636. The van der Waals surface area contributed by atoms with Crippen LogP contribution in [0.5, 0.6) is 11.5 Å². The van der Waals surface area contributed by atoms with E-state index in [1.807, 2.05) is 38.5 Å². The highest BCUT2D eigenvalue weighted by Crippen LogP contribution is 2.37. The highest BCUT2D eigenvalue weighted by molar-refractivity contribution is 9.10. The van der Waals surface area contributed by atoms with Crippen molar-refractivity contribution < 1.29 is 9.47 Å². The lowest BCUT2D eigenvalue weighted by atomic mass is 10.2. The molecule has 1 aromatic heterocycles. The number of benzene rings is 1. The molecule has 114 valence electrons. The predicted octanol–water partition coefficient (Wildman–Crippen LogP) is 4.10. The second kappa shape index (κ2) is 7.84. The summed E-state index contributed by atoms with van der Waals surface area (Å²) < 4.78 is 14.3. The van der Waals surface area contributed by atoms with Gasteiger partial charge in [0.05, 0.1) is 23.9 Å². The smallest absolute Gasteiger partial charge is 0.175 e. The molecule has 0 amide bonds. The first-order valence-electron chi connectivity index (χ1n) is 6.75. The summed E-state index contributed by atoms with van der Waals surface area (Å²) in [4.78, 5) is 0. The Balaban J connectivity index is 2.07. The summed E-state index contributed by atoms with van der Waals surface area (Å²) in [6.07, 6.45) is 4.66. The van der Waals surface area contributed by atoms with Crippen LogP contribution < -0.4 is 9.47 Å². The maximum Gasteiger partial charge on any atom is 0.175 e. The Morgan fingerprint density at radius 3 is 2.67 bits per heavy atom. The number of rotatable bonds is 7. The van der Waals surface area contributed by atoms with Gasteiger partial charge in [-0.05, 0) is 46.1 Å². The predicted molar refractivity (Wildman–Crippen MR) is 90.3 cm³/mol. The van der Waals surface area contributed by atoms with Crippen molar-refractivity contribution in [1.29, 1.82) is 0 Å². The van der Waals surface area contributed by atoms with Crippen molar-refractivity contribution in [3.05, 3.63) is 40.1 Å². The molecule has 0 unspecified atom stereocenters. The maximum atomic E-state index is 5.91. The van der Waals surface area contributed by atoms with Crippen LogP contribution in [-0.2, 0) is 18.8 Å². The Bertz CT molecular complexity index is 599. The molecule has 0 bridgehead atoms. The zero-order chi connectivity index (χ0) is 15.2. The van der Waals surface area contributed by atoms with Crippen LogP contribution in [0.2, 0.25) is 0 Å². The van der Waals surface area contributed by atoms with Gasteiger partial charge in [-0.15, -0.1) is 0 Å². The molecule has 6 heteroatoms. The lowest BCUT2D eigenvalue weighted by molar-refractivity contribution is 0.277. The number of hydrogen-bond donors (Lipinski definition) is 0. The zero-order valence-corrected chi connectivity index (χ0v) is 15.3. The van der Waals surface area contributed by atoms with Gasteiger partial charge in [0.25, 0.3) is 0 Å². The van der Waals surface area contributed by atoms with E-state index in [1.165, 1.54) is 0 Å². The second-order valence-corrected chi connectivity index (χ2v) is 6.01. The third-order valence-electron chi connectivity index (χ3n) is 2.92. The minimum atomic E-state index is 0.581. The standard InChI is InChI=1S/C15H18Br2N2O2/c1-3-20-14-7-12(8-16)6-13(17)15(14)21-5-4-11-9-18-19(2)10-11/h6-7,9-10H,3-5,8H2,1-2H3. The van der Waals surface area contributed by atoms with Crippen LogP contribution in [0.25, 0.3) is 0 Å². The van der Waals surface area contributed by atoms with E-state index in [2.05, 4.69) is 37.0 Å². The van der Waals surface area contributed by atoms with Gasteiger partial charge in [0, 0.05) is 25.0 Å². The fourth-order valence-corrected chi connectivity index (χ4v) is 2.90. The number of ether oxygens (including phenoxy) is 2. The fraction of sp³-hybridized carbons (Fsp3) is 0.400. The highest BCUT2D eigenvalue weighted by atomic mass is 79.9. The molecule has 0 saturated carbocycles. The average molecular weight is 418 g/mol. The molecule has 0 saturated heterocycles. The van der Waals surface area contributed by atoms with Gasteiger partial charge in [-0.25, -0.2) is 0 Å². The van der Waals surface area contributed by atoms with Gasteiger partial charge < -0.3 is 9.47 Å². The molecule has 4 nitrogen and oxygen atoms in total. The van der Waals surface area contributed by atoms with Crippen molar-refractivity contribution in [2.24, 2.45) is 7.05 Å². The normalized spacial score (nSPS) is 10.7. The monoisotopic (exact) mass is 416 g/mol. The molecule has 2 aromatic rings. The summed E-state index contributed by atoms with van der Waals surface area (Å²) in [5.41, 5.74) is 2.30. The Morgan fingerprint density at radius 2 is 2.05 bits per heavy atom. The molecule has 1 heterocycles. The molecule has 2 rings (SSSR count). The summed E-state index contributed by atoms with van der Waals surface area (Å²) in [5, 5.41) is 4.93. The van der Waals surface area contributed by atoms with Crippen LogP contribution >= 0.6 is 31.9 Å². The van der Waals surface area contributed by atoms with Crippen molar-refractivity contribution in [3.63, 3.8) is 0 Å². The van der Waals surface area contributed by atoms with Gasteiger partial charge in [-0.3, -0.25) is 4.68 Å². The van der Waals surface area contributed by atoms with E-state index >= 15 is 0 Å². The number of halogens is 2. The summed E-state index contributed by atoms with van der Waals surface area (Å²) >= 11 is 7.02. The van der Waals surface area contributed by atoms with Crippen LogP contribution in [0.3, 0.4) is 0 Å². The van der Waals surface area contributed by atoms with E-state index in [-0.39, 0.29) is 0 Å². The topological polar surface area (TPSA) is 36.3 Å². The highest BCUT2D eigenvalue weighted by Gasteiger charge is 2.12. The number of hydrogen-bond acceptors (Lipinski definition) is 3. The number of aromatic nitrogens is 2. The molecule has 0 aliphatic heterocycles. The van der Waals surface area contributed by atoms with E-state index in [0.29, 0.717) is 13.2 Å². The molecule has 0 atom stereocenters. The van der Waals surface area contributed by atoms with Gasteiger partial charge in [0.15, 0.2) is 11.5 Å². The van der Waals surface area contributed by atoms with Crippen molar-refractivity contribution in [1.82, 2.24) is 9.78 Å². The van der Waals surface area contributed by atoms with Crippen LogP contribution in [0.15, 0.2) is 29.0 Å². The van der Waals surface area contributed by atoms with Gasteiger partial charge in [-0.2, -0.15) is 5.10 Å². The zero-order valence-electron chi connectivity index (χ0n) is 12.1. The molecule has 0 aliphatic rings. The van der Waals surface area contributed by atoms with Gasteiger partial charge in [0.1, 0.15) is 0 Å². The summed E-state index contributed by atoms with van der Waals surface area (Å²) in [7, 11) is 1.91. The average Bonchev–Trinajstić information content (AvgIpc) is 2.87. The van der Waals surface area contributed by atoms with Crippen molar-refractivity contribution >= 4 is 31.9 Å². The fourth-order valence-electron chi connectivity index (χ4n) is 1.97. The molecule has 0 N–H and O–H groups in total. The first-order valence-corrected chi connectivity index (χ1v) is 8.67. The molecule has 1 aromatic carbocycles. The van der Waals surface area contributed by atoms with Gasteiger partial charge in [-0.1, -0.05) is 15.9 Å². The third kappa shape index (κ3) is 4.48. The minimum Gasteiger partial charge on any atom is -0.490 e. The maximum absolute atomic E-state index is 5.91. The van der Waals surface area contributed by atoms with Crippen LogP contribution in [0, 0.1) is 0 Å².